The number of methoxy groups -OCH3 is 1. The van der Waals surface area contributed by atoms with Gasteiger partial charge in [0.2, 0.25) is 11.9 Å². The smallest absolute Gasteiger partial charge is 0.497 e. The lowest BCUT2D eigenvalue weighted by molar-refractivity contribution is -0.274. The average molecular weight is 546 g/mol. The molecule has 0 radical (unpaired) electrons. The quantitative estimate of drug-likeness (QED) is 0.272. The second-order valence-electron chi connectivity index (χ2n) is 8.58. The normalized spacial score (nSPS) is 11.1. The van der Waals surface area contributed by atoms with Gasteiger partial charge in [0, 0.05) is 38.1 Å². The van der Waals surface area contributed by atoms with Crippen molar-refractivity contribution in [1.29, 1.82) is 0 Å². The molecule has 0 atom stereocenters. The molecule has 3 rings (SSSR count). The molecule has 0 aliphatic heterocycles. The number of nitrogens with zero attached hydrogens (tertiary/aromatic N) is 4. The maximum atomic E-state index is 13.4. The van der Waals surface area contributed by atoms with Gasteiger partial charge in [-0.2, -0.15) is 4.98 Å². The number of likely N-dealkylation sites (N-methyl/N-ethyl adjacent to an activating group) is 2. The fourth-order valence-electron chi connectivity index (χ4n) is 3.38. The van der Waals surface area contributed by atoms with Gasteiger partial charge in [-0.05, 0) is 56.6 Å². The Kier molecular flexibility index (Phi) is 9.55. The number of hydrogen-bond donors (Lipinski definition) is 3. The average Bonchev–Trinajstić information content (AvgIpc) is 2.88. The summed E-state index contributed by atoms with van der Waals surface area (Å²) in [5, 5.41) is 8.51. The van der Waals surface area contributed by atoms with Gasteiger partial charge in [-0.3, -0.25) is 4.79 Å². The molecule has 3 aromatic rings. The number of benzene rings is 2. The number of halogens is 3. The van der Waals surface area contributed by atoms with Crippen molar-refractivity contribution >= 4 is 40.4 Å². The van der Waals surface area contributed by atoms with Crippen LogP contribution in [-0.2, 0) is 4.79 Å². The number of aromatic nitrogens is 2. The Hall–Kier alpha value is -4.52. The van der Waals surface area contributed by atoms with Crippen LogP contribution in [0.5, 0.6) is 11.5 Å². The Labute approximate surface area is 224 Å². The number of rotatable bonds is 12. The number of amides is 1. The summed E-state index contributed by atoms with van der Waals surface area (Å²) in [6.45, 7) is 4.52. The van der Waals surface area contributed by atoms with Gasteiger partial charge in [0.15, 0.2) is 5.75 Å². The first kappa shape index (κ1) is 29.0. The zero-order valence-corrected chi connectivity index (χ0v) is 22.0. The van der Waals surface area contributed by atoms with E-state index in [2.05, 4.69) is 37.2 Å². The monoisotopic (exact) mass is 545 g/mol. The van der Waals surface area contributed by atoms with Crippen LogP contribution >= 0.6 is 0 Å². The molecule has 10 nitrogen and oxygen atoms in total. The molecular formula is C26H30F3N7O3. The summed E-state index contributed by atoms with van der Waals surface area (Å²) in [5.74, 6) is 0.00179. The van der Waals surface area contributed by atoms with Gasteiger partial charge in [-0.25, -0.2) is 4.98 Å². The predicted molar refractivity (Wildman–Crippen MR) is 145 cm³/mol. The van der Waals surface area contributed by atoms with Crippen molar-refractivity contribution in [3.63, 3.8) is 0 Å². The molecule has 1 heterocycles. The van der Waals surface area contributed by atoms with E-state index in [0.717, 1.165) is 6.08 Å². The Bertz CT molecular complexity index is 1280. The fraction of sp³-hybridized carbons (Fsp3) is 0.269. The largest absolute Gasteiger partial charge is 0.573 e. The summed E-state index contributed by atoms with van der Waals surface area (Å²) >= 11 is 0. The van der Waals surface area contributed by atoms with Crippen molar-refractivity contribution in [3.05, 3.63) is 61.3 Å². The molecule has 0 aliphatic carbocycles. The van der Waals surface area contributed by atoms with Gasteiger partial charge >= 0.3 is 6.36 Å². The molecular weight excluding hydrogens is 515 g/mol. The molecule has 1 aromatic heterocycles. The molecule has 0 fully saturated rings. The van der Waals surface area contributed by atoms with E-state index in [-0.39, 0.29) is 17.3 Å². The molecule has 0 unspecified atom stereocenters. The number of alkyl halides is 3. The van der Waals surface area contributed by atoms with E-state index in [1.807, 2.05) is 19.0 Å². The van der Waals surface area contributed by atoms with E-state index in [9.17, 15) is 18.0 Å². The number of carbonyl (C=O) groups is 1. The van der Waals surface area contributed by atoms with E-state index in [1.54, 1.807) is 49.4 Å². The molecule has 0 spiro atoms. The van der Waals surface area contributed by atoms with Gasteiger partial charge in [-0.1, -0.05) is 6.58 Å². The molecule has 208 valence electrons. The SMILES string of the molecule is C=CC(=O)Nc1cc(Nc2nccc(Nc3ccc(OC)cc3)n2)c(OC(F)(F)F)cc1N(C)CCN(C)C. The molecule has 3 N–H and O–H groups in total. The Morgan fingerprint density at radius 3 is 2.38 bits per heavy atom. The van der Waals surface area contributed by atoms with Crippen LogP contribution in [0, 0.1) is 0 Å². The highest BCUT2D eigenvalue weighted by Crippen LogP contribution is 2.40. The molecule has 13 heteroatoms. The van der Waals surface area contributed by atoms with Gasteiger partial charge < -0.3 is 35.2 Å². The summed E-state index contributed by atoms with van der Waals surface area (Å²) in [6, 6.07) is 11.2. The molecule has 2 aromatic carbocycles. The van der Waals surface area contributed by atoms with Crippen molar-refractivity contribution in [3.8, 4) is 11.5 Å². The van der Waals surface area contributed by atoms with Crippen LogP contribution in [0.4, 0.5) is 47.7 Å². The lowest BCUT2D eigenvalue weighted by Crippen LogP contribution is -2.29. The van der Waals surface area contributed by atoms with E-state index in [1.165, 1.54) is 18.3 Å². The number of hydrogen-bond acceptors (Lipinski definition) is 9. The minimum atomic E-state index is -4.97. The van der Waals surface area contributed by atoms with Crippen LogP contribution in [0.15, 0.2) is 61.3 Å². The maximum absolute atomic E-state index is 13.4. The molecule has 0 saturated heterocycles. The maximum Gasteiger partial charge on any atom is 0.573 e. The van der Waals surface area contributed by atoms with Crippen LogP contribution < -0.4 is 30.3 Å². The molecule has 0 bridgehead atoms. The summed E-state index contributed by atoms with van der Waals surface area (Å²) in [4.78, 5) is 24.2. The van der Waals surface area contributed by atoms with Gasteiger partial charge in [0.05, 0.1) is 24.2 Å². The molecule has 0 aliphatic rings. The zero-order valence-electron chi connectivity index (χ0n) is 22.0. The topological polar surface area (TPSA) is 104 Å². The van der Waals surface area contributed by atoms with Gasteiger partial charge in [0.25, 0.3) is 0 Å². The third-order valence-corrected chi connectivity index (χ3v) is 5.33. The van der Waals surface area contributed by atoms with E-state index in [0.29, 0.717) is 36.0 Å². The summed E-state index contributed by atoms with van der Waals surface area (Å²) < 4.78 is 49.6. The predicted octanol–water partition coefficient (Wildman–Crippen LogP) is 4.99. The van der Waals surface area contributed by atoms with Crippen molar-refractivity contribution in [2.75, 3.05) is 62.2 Å². The van der Waals surface area contributed by atoms with Crippen molar-refractivity contribution in [2.24, 2.45) is 0 Å². The van der Waals surface area contributed by atoms with Gasteiger partial charge in [-0.15, -0.1) is 13.2 Å². The molecule has 1 amide bonds. The Balaban J connectivity index is 1.98. The van der Waals surface area contributed by atoms with Crippen LogP contribution in [0.2, 0.25) is 0 Å². The van der Waals surface area contributed by atoms with E-state index < -0.39 is 18.0 Å². The highest BCUT2D eigenvalue weighted by Gasteiger charge is 2.33. The fourth-order valence-corrected chi connectivity index (χ4v) is 3.38. The highest BCUT2D eigenvalue weighted by molar-refractivity contribution is 6.02. The standard InChI is InChI=1S/C26H30F3N7O3/c1-6-24(37)32-19-15-20(22(39-26(27,28)29)16-21(19)36(4)14-13-35(2)3)33-25-30-12-11-23(34-25)31-17-7-9-18(38-5)10-8-17/h6-12,15-16H,1,13-14H2,2-5H3,(H,32,37)(H2,30,31,33,34). The third kappa shape index (κ3) is 8.78. The van der Waals surface area contributed by atoms with Crippen molar-refractivity contribution in [2.45, 2.75) is 6.36 Å². The number of nitrogens with one attached hydrogen (secondary N) is 3. The minimum absolute atomic E-state index is 0.00440. The van der Waals surface area contributed by atoms with Gasteiger partial charge in [0.1, 0.15) is 11.6 Å². The first-order valence-electron chi connectivity index (χ1n) is 11.7. The van der Waals surface area contributed by atoms with Crippen molar-refractivity contribution in [1.82, 2.24) is 14.9 Å². The first-order chi connectivity index (χ1) is 18.5. The number of carbonyl (C=O) groups excluding carboxylic acids is 1. The van der Waals surface area contributed by atoms with Crippen LogP contribution in [0.25, 0.3) is 0 Å². The van der Waals surface area contributed by atoms with Crippen LogP contribution in [-0.4, -0.2) is 68.5 Å². The lowest BCUT2D eigenvalue weighted by Gasteiger charge is -2.26. The van der Waals surface area contributed by atoms with Crippen molar-refractivity contribution < 1.29 is 27.4 Å². The van der Waals surface area contributed by atoms with E-state index in [4.69, 9.17) is 4.74 Å². The highest BCUT2D eigenvalue weighted by atomic mass is 19.4. The van der Waals surface area contributed by atoms with E-state index >= 15 is 0 Å². The van der Waals surface area contributed by atoms with Crippen LogP contribution in [0.3, 0.4) is 0 Å². The summed E-state index contributed by atoms with van der Waals surface area (Å²) in [5.41, 5.74) is 1.15. The minimum Gasteiger partial charge on any atom is -0.497 e. The molecule has 0 saturated carbocycles. The second kappa shape index (κ2) is 12.8. The Morgan fingerprint density at radius 2 is 1.77 bits per heavy atom. The third-order valence-electron chi connectivity index (χ3n) is 5.33. The number of ether oxygens (including phenoxy) is 2. The summed E-state index contributed by atoms with van der Waals surface area (Å²) in [6.07, 6.45) is -2.47. The Morgan fingerprint density at radius 1 is 1.05 bits per heavy atom. The second-order valence-corrected chi connectivity index (χ2v) is 8.58. The lowest BCUT2D eigenvalue weighted by atomic mass is 10.2. The first-order valence-corrected chi connectivity index (χ1v) is 11.7. The summed E-state index contributed by atoms with van der Waals surface area (Å²) in [7, 11) is 7.00. The number of anilines is 6. The molecule has 39 heavy (non-hydrogen) atoms. The zero-order chi connectivity index (χ0) is 28.6. The van der Waals surface area contributed by atoms with Crippen LogP contribution in [0.1, 0.15) is 0 Å².